The zero-order chi connectivity index (χ0) is 22.7. The molecule has 3 aromatic rings. The minimum Gasteiger partial charge on any atom is -0.497 e. The van der Waals surface area contributed by atoms with Gasteiger partial charge in [-0.05, 0) is 42.7 Å². The summed E-state index contributed by atoms with van der Waals surface area (Å²) in [6.45, 7) is 0.976. The average Bonchev–Trinajstić information content (AvgIpc) is 2.83. The van der Waals surface area contributed by atoms with Crippen molar-refractivity contribution in [2.45, 2.75) is 31.4 Å². The lowest BCUT2D eigenvalue weighted by Crippen LogP contribution is -2.45. The van der Waals surface area contributed by atoms with Gasteiger partial charge in [-0.1, -0.05) is 17.3 Å². The standard InChI is InChI=1S/C23H26N4O5/c1-31-17-13-16(14-18(15-17)32-2)23(30)8-11-26(12-9-23)21(28)7-10-27-22(29)19-5-3-4-6-20(19)24-25-27/h3-6,13-15,30H,7-12H2,1-2H3. The van der Waals surface area contributed by atoms with Gasteiger partial charge in [0.1, 0.15) is 17.0 Å². The zero-order valence-electron chi connectivity index (χ0n) is 18.2. The van der Waals surface area contributed by atoms with Crippen LogP contribution >= 0.6 is 0 Å². The zero-order valence-corrected chi connectivity index (χ0v) is 18.2. The summed E-state index contributed by atoms with van der Waals surface area (Å²) < 4.78 is 11.8. The van der Waals surface area contributed by atoms with E-state index in [0.717, 1.165) is 0 Å². The van der Waals surface area contributed by atoms with Gasteiger partial charge in [-0.3, -0.25) is 9.59 Å². The van der Waals surface area contributed by atoms with Crippen molar-refractivity contribution in [3.8, 4) is 11.5 Å². The lowest BCUT2D eigenvalue weighted by Gasteiger charge is -2.38. The predicted molar refractivity (Wildman–Crippen MR) is 118 cm³/mol. The summed E-state index contributed by atoms with van der Waals surface area (Å²) in [7, 11) is 3.13. The molecule has 2 heterocycles. The molecule has 0 radical (unpaired) electrons. The minimum absolute atomic E-state index is 0.0860. The SMILES string of the molecule is COc1cc(OC)cc(C2(O)CCN(C(=O)CCn3nnc4ccccc4c3=O)CC2)c1. The summed E-state index contributed by atoms with van der Waals surface area (Å²) in [6, 6.07) is 12.3. The van der Waals surface area contributed by atoms with Crippen LogP contribution in [0.1, 0.15) is 24.8 Å². The molecule has 1 amide bonds. The van der Waals surface area contributed by atoms with E-state index in [1.807, 2.05) is 0 Å². The first kappa shape index (κ1) is 21.8. The Kier molecular flexibility index (Phi) is 6.09. The van der Waals surface area contributed by atoms with Crippen LogP contribution < -0.4 is 15.0 Å². The maximum Gasteiger partial charge on any atom is 0.277 e. The number of ether oxygens (including phenoxy) is 2. The molecule has 1 aromatic heterocycles. The van der Waals surface area contributed by atoms with Crippen LogP contribution in [0.15, 0.2) is 47.3 Å². The van der Waals surface area contributed by atoms with Crippen LogP contribution in [0.25, 0.3) is 10.9 Å². The van der Waals surface area contributed by atoms with Crippen LogP contribution in [0.2, 0.25) is 0 Å². The van der Waals surface area contributed by atoms with Crippen LogP contribution in [-0.2, 0) is 16.9 Å². The Hall–Kier alpha value is -3.46. The monoisotopic (exact) mass is 438 g/mol. The normalized spacial score (nSPS) is 15.5. The highest BCUT2D eigenvalue weighted by Gasteiger charge is 2.36. The van der Waals surface area contributed by atoms with Crippen molar-refractivity contribution in [1.29, 1.82) is 0 Å². The van der Waals surface area contributed by atoms with E-state index in [9.17, 15) is 14.7 Å². The van der Waals surface area contributed by atoms with Gasteiger partial charge in [0.15, 0.2) is 0 Å². The second kappa shape index (κ2) is 8.96. The number of aromatic nitrogens is 3. The number of likely N-dealkylation sites (tertiary alicyclic amines) is 1. The second-order valence-corrected chi connectivity index (χ2v) is 7.90. The van der Waals surface area contributed by atoms with E-state index < -0.39 is 5.60 Å². The average molecular weight is 438 g/mol. The first-order chi connectivity index (χ1) is 15.4. The number of rotatable bonds is 6. The van der Waals surface area contributed by atoms with E-state index in [4.69, 9.17) is 9.47 Å². The predicted octanol–water partition coefficient (Wildman–Crippen LogP) is 1.71. The fourth-order valence-electron chi connectivity index (χ4n) is 4.02. The lowest BCUT2D eigenvalue weighted by atomic mass is 9.84. The number of aliphatic hydroxyl groups is 1. The molecule has 0 unspecified atom stereocenters. The highest BCUT2D eigenvalue weighted by atomic mass is 16.5. The molecule has 0 bridgehead atoms. The molecule has 168 valence electrons. The fraction of sp³-hybridized carbons (Fsp3) is 0.391. The highest BCUT2D eigenvalue weighted by molar-refractivity contribution is 5.77. The minimum atomic E-state index is -1.07. The molecule has 4 rings (SSSR count). The van der Waals surface area contributed by atoms with E-state index in [-0.39, 0.29) is 24.4 Å². The van der Waals surface area contributed by atoms with E-state index in [2.05, 4.69) is 10.3 Å². The van der Waals surface area contributed by atoms with Crippen molar-refractivity contribution in [3.63, 3.8) is 0 Å². The van der Waals surface area contributed by atoms with Crippen molar-refractivity contribution in [1.82, 2.24) is 19.9 Å². The van der Waals surface area contributed by atoms with Crippen molar-refractivity contribution in [3.05, 3.63) is 58.4 Å². The number of fused-ring (bicyclic) bond motifs is 1. The van der Waals surface area contributed by atoms with Crippen molar-refractivity contribution in [2.24, 2.45) is 0 Å². The van der Waals surface area contributed by atoms with E-state index in [1.165, 1.54) is 4.68 Å². The number of nitrogens with zero attached hydrogens (tertiary/aromatic N) is 4. The van der Waals surface area contributed by atoms with Gasteiger partial charge < -0.3 is 19.5 Å². The molecular formula is C23H26N4O5. The molecule has 1 fully saturated rings. The van der Waals surface area contributed by atoms with Gasteiger partial charge in [0, 0.05) is 25.6 Å². The summed E-state index contributed by atoms with van der Waals surface area (Å²) in [6.07, 6.45) is 0.925. The van der Waals surface area contributed by atoms with E-state index in [0.29, 0.717) is 53.9 Å². The van der Waals surface area contributed by atoms with Crippen LogP contribution in [0.3, 0.4) is 0 Å². The van der Waals surface area contributed by atoms with Crippen LogP contribution in [-0.4, -0.2) is 58.2 Å². The first-order valence-electron chi connectivity index (χ1n) is 10.5. The summed E-state index contributed by atoms with van der Waals surface area (Å²) in [5.74, 6) is 1.12. The molecule has 0 spiro atoms. The molecule has 1 aliphatic rings. The van der Waals surface area contributed by atoms with Crippen LogP contribution in [0.5, 0.6) is 11.5 Å². The van der Waals surface area contributed by atoms with Gasteiger partial charge >= 0.3 is 0 Å². The second-order valence-electron chi connectivity index (χ2n) is 7.90. The third-order valence-electron chi connectivity index (χ3n) is 6.00. The molecule has 9 heteroatoms. The molecule has 1 saturated heterocycles. The molecule has 2 aromatic carbocycles. The van der Waals surface area contributed by atoms with Crippen molar-refractivity contribution < 1.29 is 19.4 Å². The van der Waals surface area contributed by atoms with E-state index in [1.54, 1.807) is 61.6 Å². The Morgan fingerprint density at radius 3 is 2.41 bits per heavy atom. The lowest BCUT2D eigenvalue weighted by molar-refractivity contribution is -0.136. The number of benzene rings is 2. The smallest absolute Gasteiger partial charge is 0.277 e. The fourth-order valence-corrected chi connectivity index (χ4v) is 4.02. The maximum atomic E-state index is 12.7. The Morgan fingerprint density at radius 1 is 1.09 bits per heavy atom. The van der Waals surface area contributed by atoms with Crippen LogP contribution in [0.4, 0.5) is 0 Å². The summed E-state index contributed by atoms with van der Waals surface area (Å²) in [5, 5.41) is 19.7. The van der Waals surface area contributed by atoms with Gasteiger partial charge in [0.05, 0.1) is 31.8 Å². The van der Waals surface area contributed by atoms with Gasteiger partial charge in [-0.15, -0.1) is 5.10 Å². The number of piperidine rings is 1. The summed E-state index contributed by atoms with van der Waals surface area (Å²) in [4.78, 5) is 27.0. The van der Waals surface area contributed by atoms with E-state index >= 15 is 0 Å². The number of hydrogen-bond donors (Lipinski definition) is 1. The largest absolute Gasteiger partial charge is 0.497 e. The maximum absolute atomic E-state index is 12.7. The molecule has 0 saturated carbocycles. The van der Waals surface area contributed by atoms with Crippen molar-refractivity contribution >= 4 is 16.8 Å². The molecule has 9 nitrogen and oxygen atoms in total. The molecule has 0 aliphatic carbocycles. The van der Waals surface area contributed by atoms with Gasteiger partial charge in [0.2, 0.25) is 5.91 Å². The summed E-state index contributed by atoms with van der Waals surface area (Å²) in [5.41, 5.74) is -0.0916. The Morgan fingerprint density at radius 2 is 1.75 bits per heavy atom. The van der Waals surface area contributed by atoms with Gasteiger partial charge in [0.25, 0.3) is 5.56 Å². The first-order valence-corrected chi connectivity index (χ1v) is 10.5. The molecule has 1 N–H and O–H groups in total. The Bertz CT molecular complexity index is 1160. The van der Waals surface area contributed by atoms with Gasteiger partial charge in [-0.25, -0.2) is 4.68 Å². The molecule has 1 aliphatic heterocycles. The van der Waals surface area contributed by atoms with Crippen molar-refractivity contribution in [2.75, 3.05) is 27.3 Å². The molecular weight excluding hydrogens is 412 g/mol. The number of amides is 1. The topological polar surface area (TPSA) is 107 Å². The van der Waals surface area contributed by atoms with Gasteiger partial charge in [-0.2, -0.15) is 0 Å². The number of carbonyl (C=O) groups excluding carboxylic acids is 1. The molecule has 0 atom stereocenters. The molecule has 32 heavy (non-hydrogen) atoms. The quantitative estimate of drug-likeness (QED) is 0.624. The van der Waals surface area contributed by atoms with Crippen LogP contribution in [0, 0.1) is 0 Å². The number of hydrogen-bond acceptors (Lipinski definition) is 7. The number of carbonyl (C=O) groups is 1. The third kappa shape index (κ3) is 4.29. The summed E-state index contributed by atoms with van der Waals surface area (Å²) >= 11 is 0. The number of methoxy groups -OCH3 is 2. The Balaban J connectivity index is 1.40. The highest BCUT2D eigenvalue weighted by Crippen LogP contribution is 2.37. The third-order valence-corrected chi connectivity index (χ3v) is 6.00. The Labute approximate surface area is 185 Å². The number of aryl methyl sites for hydroxylation is 1.